The van der Waals surface area contributed by atoms with Gasteiger partial charge in [0.05, 0.1) is 6.04 Å². The highest BCUT2D eigenvalue weighted by atomic mass is 19.1. The lowest BCUT2D eigenvalue weighted by Gasteiger charge is -2.26. The summed E-state index contributed by atoms with van der Waals surface area (Å²) in [6.07, 6.45) is 1.83. The molecule has 0 saturated carbocycles. The van der Waals surface area contributed by atoms with E-state index in [0.29, 0.717) is 18.3 Å². The van der Waals surface area contributed by atoms with Gasteiger partial charge in [0.2, 0.25) is 11.8 Å². The molecule has 0 bridgehead atoms. The summed E-state index contributed by atoms with van der Waals surface area (Å²) in [5, 5.41) is 9.02. The van der Waals surface area contributed by atoms with Crippen molar-refractivity contribution in [2.45, 2.75) is 52.7 Å². The second kappa shape index (κ2) is 12.1. The summed E-state index contributed by atoms with van der Waals surface area (Å²) in [5.74, 6) is -0.0921. The summed E-state index contributed by atoms with van der Waals surface area (Å²) in [6, 6.07) is 8.11. The molecule has 0 unspecified atom stereocenters. The van der Waals surface area contributed by atoms with Gasteiger partial charge in [-0.3, -0.25) is 9.59 Å². The van der Waals surface area contributed by atoms with Crippen molar-refractivity contribution in [1.29, 1.82) is 0 Å². The lowest BCUT2D eigenvalue weighted by atomic mass is 10.0. The Kier molecular flexibility index (Phi) is 9.59. The molecule has 174 valence electrons. The molecule has 2 rings (SSSR count). The predicted molar refractivity (Wildman–Crippen MR) is 124 cm³/mol. The molecule has 0 aliphatic carbocycles. The van der Waals surface area contributed by atoms with Gasteiger partial charge in [-0.1, -0.05) is 45.9 Å². The SMILES string of the molecule is CC(C)CN[C@H](C(=O)N[C@@H](Cc1ccc(F)cc1)C(=O)NCc1ccc(N)nc1)C(C)C. The van der Waals surface area contributed by atoms with Crippen molar-refractivity contribution in [2.24, 2.45) is 11.8 Å². The number of pyridine rings is 1. The van der Waals surface area contributed by atoms with E-state index in [-0.39, 0.29) is 36.5 Å². The summed E-state index contributed by atoms with van der Waals surface area (Å²) >= 11 is 0. The van der Waals surface area contributed by atoms with Gasteiger partial charge in [0.1, 0.15) is 17.7 Å². The predicted octanol–water partition coefficient (Wildman–Crippen LogP) is 2.42. The Morgan fingerprint density at radius 1 is 1.00 bits per heavy atom. The maximum Gasteiger partial charge on any atom is 0.243 e. The summed E-state index contributed by atoms with van der Waals surface area (Å²) < 4.78 is 13.3. The molecule has 0 aliphatic heterocycles. The molecule has 5 N–H and O–H groups in total. The molecule has 32 heavy (non-hydrogen) atoms. The molecule has 2 aromatic rings. The first-order chi connectivity index (χ1) is 15.2. The van der Waals surface area contributed by atoms with E-state index < -0.39 is 12.1 Å². The van der Waals surface area contributed by atoms with E-state index in [1.54, 1.807) is 30.5 Å². The largest absolute Gasteiger partial charge is 0.384 e. The number of hydrogen-bond acceptors (Lipinski definition) is 5. The maximum absolute atomic E-state index is 13.3. The first kappa shape index (κ1) is 25.3. The fourth-order valence-corrected chi connectivity index (χ4v) is 3.17. The number of hydrogen-bond donors (Lipinski definition) is 4. The van der Waals surface area contributed by atoms with Crippen molar-refractivity contribution in [3.63, 3.8) is 0 Å². The Bertz CT molecular complexity index is 869. The minimum atomic E-state index is -0.809. The van der Waals surface area contributed by atoms with Crippen LogP contribution in [0.5, 0.6) is 0 Å². The van der Waals surface area contributed by atoms with Crippen LogP contribution in [0.4, 0.5) is 10.2 Å². The highest BCUT2D eigenvalue weighted by molar-refractivity contribution is 5.90. The number of benzene rings is 1. The third-order valence-corrected chi connectivity index (χ3v) is 5.00. The van der Waals surface area contributed by atoms with Crippen LogP contribution in [-0.2, 0) is 22.6 Å². The minimum Gasteiger partial charge on any atom is -0.384 e. The maximum atomic E-state index is 13.3. The number of anilines is 1. The van der Waals surface area contributed by atoms with Crippen molar-refractivity contribution >= 4 is 17.6 Å². The van der Waals surface area contributed by atoms with Gasteiger partial charge in [0, 0.05) is 19.2 Å². The van der Waals surface area contributed by atoms with Crippen LogP contribution in [0, 0.1) is 17.7 Å². The van der Waals surface area contributed by atoms with Crippen LogP contribution in [0.3, 0.4) is 0 Å². The second-order valence-electron chi connectivity index (χ2n) is 8.72. The molecule has 0 fully saturated rings. The number of amides is 2. The van der Waals surface area contributed by atoms with Crippen LogP contribution in [-0.4, -0.2) is 35.4 Å². The second-order valence-corrected chi connectivity index (χ2v) is 8.72. The molecule has 0 spiro atoms. The van der Waals surface area contributed by atoms with Crippen molar-refractivity contribution < 1.29 is 14.0 Å². The lowest BCUT2D eigenvalue weighted by Crippen LogP contribution is -2.55. The van der Waals surface area contributed by atoms with Gasteiger partial charge in [0.15, 0.2) is 0 Å². The van der Waals surface area contributed by atoms with Gasteiger partial charge in [-0.2, -0.15) is 0 Å². The van der Waals surface area contributed by atoms with Crippen LogP contribution in [0.1, 0.15) is 38.8 Å². The number of nitrogens with one attached hydrogen (secondary N) is 3. The zero-order valence-corrected chi connectivity index (χ0v) is 19.2. The zero-order chi connectivity index (χ0) is 23.7. The van der Waals surface area contributed by atoms with Crippen LogP contribution in [0.2, 0.25) is 0 Å². The summed E-state index contributed by atoms with van der Waals surface area (Å²) in [7, 11) is 0. The minimum absolute atomic E-state index is 0.0455. The van der Waals surface area contributed by atoms with Gasteiger partial charge in [-0.25, -0.2) is 9.37 Å². The number of carbonyl (C=O) groups is 2. The molecule has 2 atom stereocenters. The molecule has 0 aliphatic rings. The first-order valence-electron chi connectivity index (χ1n) is 10.9. The Hall–Kier alpha value is -3.00. The molecule has 2 amide bonds. The van der Waals surface area contributed by atoms with Crippen LogP contribution in [0.25, 0.3) is 0 Å². The van der Waals surface area contributed by atoms with E-state index in [1.807, 2.05) is 13.8 Å². The van der Waals surface area contributed by atoms with Crippen LogP contribution in [0.15, 0.2) is 42.6 Å². The van der Waals surface area contributed by atoms with Crippen LogP contribution < -0.4 is 21.7 Å². The molecule has 7 nitrogen and oxygen atoms in total. The van der Waals surface area contributed by atoms with E-state index in [2.05, 4.69) is 34.8 Å². The number of halogens is 1. The number of carbonyl (C=O) groups excluding carboxylic acids is 2. The van der Waals surface area contributed by atoms with Crippen molar-refractivity contribution in [3.05, 3.63) is 59.5 Å². The average molecular weight is 444 g/mol. The third kappa shape index (κ3) is 8.26. The highest BCUT2D eigenvalue weighted by Crippen LogP contribution is 2.09. The van der Waals surface area contributed by atoms with Gasteiger partial charge in [-0.15, -0.1) is 0 Å². The summed E-state index contributed by atoms with van der Waals surface area (Å²) in [4.78, 5) is 30.0. The molecular formula is C24H34FN5O2. The van der Waals surface area contributed by atoms with E-state index in [0.717, 1.165) is 11.1 Å². The Labute approximate surface area is 189 Å². The van der Waals surface area contributed by atoms with Crippen molar-refractivity contribution in [3.8, 4) is 0 Å². The average Bonchev–Trinajstić information content (AvgIpc) is 2.73. The Morgan fingerprint density at radius 3 is 2.22 bits per heavy atom. The monoisotopic (exact) mass is 443 g/mol. The first-order valence-corrected chi connectivity index (χ1v) is 10.9. The Balaban J connectivity index is 2.12. The van der Waals surface area contributed by atoms with Gasteiger partial charge in [0.25, 0.3) is 0 Å². The van der Waals surface area contributed by atoms with Crippen LogP contribution >= 0.6 is 0 Å². The molecule has 1 aromatic carbocycles. The smallest absolute Gasteiger partial charge is 0.243 e. The van der Waals surface area contributed by atoms with E-state index in [9.17, 15) is 14.0 Å². The molecular weight excluding hydrogens is 409 g/mol. The number of nitrogen functional groups attached to an aromatic ring is 1. The lowest BCUT2D eigenvalue weighted by molar-refractivity contribution is -0.130. The van der Waals surface area contributed by atoms with Gasteiger partial charge in [-0.05, 0) is 47.7 Å². The highest BCUT2D eigenvalue weighted by Gasteiger charge is 2.27. The number of aromatic nitrogens is 1. The quantitative estimate of drug-likeness (QED) is 0.426. The fraction of sp³-hybridized carbons (Fsp3) is 0.458. The third-order valence-electron chi connectivity index (χ3n) is 5.00. The van der Waals surface area contributed by atoms with Gasteiger partial charge >= 0.3 is 0 Å². The molecule has 0 saturated heterocycles. The number of nitrogens with zero attached hydrogens (tertiary/aromatic N) is 1. The van der Waals surface area contributed by atoms with Crippen molar-refractivity contribution in [1.82, 2.24) is 20.9 Å². The topological polar surface area (TPSA) is 109 Å². The summed E-state index contributed by atoms with van der Waals surface area (Å²) in [6.45, 7) is 9.00. The standard InChI is InChI=1S/C24H34FN5O2/c1-15(2)12-28-22(16(3)4)24(32)30-20(11-17-5-8-19(25)9-6-17)23(31)29-14-18-7-10-21(26)27-13-18/h5-10,13,15-16,20,22,28H,11-12,14H2,1-4H3,(H2,26,27)(H,29,31)(H,30,32)/t20-,22-/m0/s1. The molecule has 8 heteroatoms. The molecule has 1 aromatic heterocycles. The number of nitrogens with two attached hydrogens (primary N) is 1. The fourth-order valence-electron chi connectivity index (χ4n) is 3.17. The number of rotatable bonds is 11. The normalized spacial score (nSPS) is 13.1. The summed E-state index contributed by atoms with van der Waals surface area (Å²) in [5.41, 5.74) is 7.14. The zero-order valence-electron chi connectivity index (χ0n) is 19.2. The van der Waals surface area contributed by atoms with E-state index in [1.165, 1.54) is 12.1 Å². The van der Waals surface area contributed by atoms with Crippen molar-refractivity contribution in [2.75, 3.05) is 12.3 Å². The Morgan fingerprint density at radius 2 is 1.66 bits per heavy atom. The van der Waals surface area contributed by atoms with Gasteiger partial charge < -0.3 is 21.7 Å². The van der Waals surface area contributed by atoms with E-state index >= 15 is 0 Å². The molecule has 1 heterocycles. The molecule has 0 radical (unpaired) electrons. The van der Waals surface area contributed by atoms with E-state index in [4.69, 9.17) is 5.73 Å².